The summed E-state index contributed by atoms with van der Waals surface area (Å²) in [6, 6.07) is 7.54. The van der Waals surface area contributed by atoms with E-state index in [1.54, 1.807) is 18.2 Å². The Morgan fingerprint density at radius 1 is 1.05 bits per heavy atom. The van der Waals surface area contributed by atoms with E-state index in [2.05, 4.69) is 15.2 Å². The second-order valence-electron chi connectivity index (χ2n) is 10.7. The smallest absolute Gasteiger partial charge is 0.354 e. The minimum atomic E-state index is -2.55. The van der Waals surface area contributed by atoms with Gasteiger partial charge in [-0.25, -0.2) is 22.9 Å². The van der Waals surface area contributed by atoms with Gasteiger partial charge in [0, 0.05) is 41.8 Å². The van der Waals surface area contributed by atoms with E-state index in [-0.39, 0.29) is 42.2 Å². The van der Waals surface area contributed by atoms with Crippen molar-refractivity contribution in [1.29, 1.82) is 5.41 Å². The van der Waals surface area contributed by atoms with Gasteiger partial charge in [-0.3, -0.25) is 0 Å². The third kappa shape index (κ3) is 5.66. The molecule has 2 aromatic rings. The molecule has 3 aliphatic rings. The van der Waals surface area contributed by atoms with Crippen molar-refractivity contribution >= 4 is 23.2 Å². The summed E-state index contributed by atoms with van der Waals surface area (Å²) in [7, 11) is 0. The lowest BCUT2D eigenvalue weighted by Gasteiger charge is -2.41. The van der Waals surface area contributed by atoms with E-state index < -0.39 is 11.9 Å². The Hall–Kier alpha value is -2.94. The zero-order valence-electron chi connectivity index (χ0n) is 20.8. The molecule has 0 spiro atoms. The molecule has 198 valence electrons. The second-order valence-corrected chi connectivity index (χ2v) is 10.7. The summed E-state index contributed by atoms with van der Waals surface area (Å²) in [4.78, 5) is 18.7. The Balaban J connectivity index is 1.44. The quantitative estimate of drug-likeness (QED) is 0.363. The van der Waals surface area contributed by atoms with Gasteiger partial charge in [0.1, 0.15) is 11.6 Å². The molecule has 0 bridgehead atoms. The summed E-state index contributed by atoms with van der Waals surface area (Å²) in [5, 5.41) is 22.0. The first-order chi connectivity index (χ1) is 17.7. The molecule has 2 saturated carbocycles. The summed E-state index contributed by atoms with van der Waals surface area (Å²) >= 11 is 0. The molecule has 9 heteroatoms. The number of anilines is 2. The number of hydrogen-bond acceptors (Lipinski definition) is 5. The Bertz CT molecular complexity index is 1150. The number of alkyl halides is 2. The molecular weight excluding hydrogens is 481 g/mol. The average molecular weight is 515 g/mol. The number of nitrogens with one attached hydrogen (secondary N) is 2. The van der Waals surface area contributed by atoms with Gasteiger partial charge in [0.25, 0.3) is 0 Å². The van der Waals surface area contributed by atoms with Crippen LogP contribution in [0.1, 0.15) is 85.3 Å². The predicted octanol–water partition coefficient (Wildman–Crippen LogP) is 6.59. The lowest BCUT2D eigenvalue weighted by Crippen LogP contribution is -2.44. The molecule has 6 nitrogen and oxygen atoms in total. The summed E-state index contributed by atoms with van der Waals surface area (Å²) in [5.41, 5.74) is 2.39. The third-order valence-corrected chi connectivity index (χ3v) is 8.33. The number of aromatic nitrogens is 1. The first-order valence-electron chi connectivity index (χ1n) is 13.2. The highest BCUT2D eigenvalue weighted by atomic mass is 19.3. The summed E-state index contributed by atoms with van der Waals surface area (Å²) < 4.78 is 40.8. The van der Waals surface area contributed by atoms with Crippen LogP contribution in [-0.4, -0.2) is 51.7 Å². The van der Waals surface area contributed by atoms with Gasteiger partial charge >= 0.3 is 5.97 Å². The lowest BCUT2D eigenvalue weighted by molar-refractivity contribution is -0.0558. The van der Waals surface area contributed by atoms with E-state index in [1.165, 1.54) is 12.1 Å². The Morgan fingerprint density at radius 2 is 1.70 bits per heavy atom. The number of carboxylic acids is 1. The van der Waals surface area contributed by atoms with Crippen LogP contribution in [0.3, 0.4) is 0 Å². The minimum Gasteiger partial charge on any atom is -0.477 e. The summed E-state index contributed by atoms with van der Waals surface area (Å²) in [6.07, 6.45) is 5.28. The minimum absolute atomic E-state index is 0.0339. The molecular formula is C28H33F3N4O2. The molecule has 0 unspecified atom stereocenters. The highest BCUT2D eigenvalue weighted by molar-refractivity contribution is 6.06. The van der Waals surface area contributed by atoms with E-state index in [9.17, 15) is 23.1 Å². The number of piperidine rings is 1. The normalized spacial score (nSPS) is 21.4. The Morgan fingerprint density at radius 3 is 2.27 bits per heavy atom. The number of nitrogens with zero attached hydrogens (tertiary/aromatic N) is 2. The van der Waals surface area contributed by atoms with Crippen LogP contribution in [0.4, 0.5) is 24.7 Å². The number of rotatable bonds is 7. The van der Waals surface area contributed by atoms with Gasteiger partial charge in [-0.15, -0.1) is 0 Å². The van der Waals surface area contributed by atoms with E-state index in [1.807, 2.05) is 0 Å². The Kier molecular flexibility index (Phi) is 7.25. The van der Waals surface area contributed by atoms with Crippen LogP contribution in [0.15, 0.2) is 30.3 Å². The van der Waals surface area contributed by atoms with E-state index in [0.29, 0.717) is 35.6 Å². The van der Waals surface area contributed by atoms with Gasteiger partial charge in [0.15, 0.2) is 5.69 Å². The topological polar surface area (TPSA) is 89.3 Å². The molecule has 0 amide bonds. The van der Waals surface area contributed by atoms with Crippen molar-refractivity contribution in [3.63, 3.8) is 0 Å². The molecule has 5 rings (SSSR count). The van der Waals surface area contributed by atoms with Gasteiger partial charge in [0.05, 0.1) is 0 Å². The van der Waals surface area contributed by atoms with Crippen molar-refractivity contribution in [1.82, 2.24) is 9.88 Å². The largest absolute Gasteiger partial charge is 0.477 e. The van der Waals surface area contributed by atoms with Crippen LogP contribution in [0.5, 0.6) is 0 Å². The van der Waals surface area contributed by atoms with Crippen LogP contribution >= 0.6 is 0 Å². The van der Waals surface area contributed by atoms with Crippen LogP contribution in [0, 0.1) is 17.1 Å². The predicted molar refractivity (Wildman–Crippen MR) is 136 cm³/mol. The number of hydrogen-bond donors (Lipinski definition) is 3. The van der Waals surface area contributed by atoms with Gasteiger partial charge in [-0.05, 0) is 93.4 Å². The summed E-state index contributed by atoms with van der Waals surface area (Å²) in [6.45, 7) is 1.51. The average Bonchev–Trinajstić information content (AvgIpc) is 2.84. The van der Waals surface area contributed by atoms with Crippen LogP contribution < -0.4 is 5.32 Å². The SMILES string of the molecule is N=C(c1c(C2CCN(C3CCC(F)(F)CC3)CC2)cc(C(=O)O)nc1Nc1ccc(F)cc1)C1CCC1. The zero-order valence-corrected chi connectivity index (χ0v) is 20.8. The molecule has 1 saturated heterocycles. The van der Waals surface area contributed by atoms with Crippen molar-refractivity contribution < 1.29 is 23.1 Å². The second kappa shape index (κ2) is 10.4. The molecule has 37 heavy (non-hydrogen) atoms. The van der Waals surface area contributed by atoms with Gasteiger partial charge in [-0.1, -0.05) is 6.42 Å². The van der Waals surface area contributed by atoms with Crippen LogP contribution in [0.2, 0.25) is 0 Å². The van der Waals surface area contributed by atoms with Gasteiger partial charge in [0.2, 0.25) is 5.92 Å². The maximum Gasteiger partial charge on any atom is 0.354 e. The fourth-order valence-corrected chi connectivity index (χ4v) is 5.91. The number of pyridine rings is 1. The maximum atomic E-state index is 13.6. The lowest BCUT2D eigenvalue weighted by atomic mass is 9.76. The summed E-state index contributed by atoms with van der Waals surface area (Å²) in [5.74, 6) is -3.62. The highest BCUT2D eigenvalue weighted by Crippen LogP contribution is 2.41. The molecule has 2 aliphatic carbocycles. The van der Waals surface area contributed by atoms with Crippen molar-refractivity contribution in [2.45, 2.75) is 75.7 Å². The monoisotopic (exact) mass is 514 g/mol. The molecule has 3 fully saturated rings. The third-order valence-electron chi connectivity index (χ3n) is 8.33. The molecule has 0 radical (unpaired) electrons. The fraction of sp³-hybridized carbons (Fsp3) is 0.536. The standard InChI is InChI=1S/C28H33F3N4O2/c29-19-4-6-20(7-5-19)33-26-24(25(32)18-2-1-3-18)22(16-23(34-26)27(36)37)17-10-14-35(15-11-17)21-8-12-28(30,31)13-9-21/h4-7,16-18,21,32H,1-3,8-15H2,(H,33,34)(H,36,37). The van der Waals surface area contributed by atoms with Crippen molar-refractivity contribution in [3.8, 4) is 0 Å². The molecule has 2 heterocycles. The van der Waals surface area contributed by atoms with E-state index in [0.717, 1.165) is 50.8 Å². The van der Waals surface area contributed by atoms with E-state index >= 15 is 0 Å². The first-order valence-corrected chi connectivity index (χ1v) is 13.2. The molecule has 1 aromatic heterocycles. The molecule has 1 aliphatic heterocycles. The fourth-order valence-electron chi connectivity index (χ4n) is 5.91. The first kappa shape index (κ1) is 25.7. The van der Waals surface area contributed by atoms with Crippen molar-refractivity contribution in [2.24, 2.45) is 5.92 Å². The molecule has 0 atom stereocenters. The number of benzene rings is 1. The number of carboxylic acid groups (broad SMARTS) is 1. The van der Waals surface area contributed by atoms with Crippen molar-refractivity contribution in [3.05, 3.63) is 53.0 Å². The van der Waals surface area contributed by atoms with Crippen LogP contribution in [-0.2, 0) is 0 Å². The highest BCUT2D eigenvalue weighted by Gasteiger charge is 2.38. The molecule has 1 aromatic carbocycles. The maximum absolute atomic E-state index is 13.6. The van der Waals surface area contributed by atoms with Crippen molar-refractivity contribution in [2.75, 3.05) is 18.4 Å². The van der Waals surface area contributed by atoms with Gasteiger partial charge < -0.3 is 20.7 Å². The Labute approximate surface area is 214 Å². The van der Waals surface area contributed by atoms with E-state index in [4.69, 9.17) is 5.41 Å². The number of aromatic carboxylic acids is 1. The number of carbonyl (C=O) groups is 1. The number of halogens is 3. The van der Waals surface area contributed by atoms with Gasteiger partial charge in [-0.2, -0.15) is 0 Å². The zero-order chi connectivity index (χ0) is 26.2. The number of likely N-dealkylation sites (tertiary alicyclic amines) is 1. The molecule has 3 N–H and O–H groups in total. The van der Waals surface area contributed by atoms with Crippen LogP contribution in [0.25, 0.3) is 0 Å².